The third-order valence-corrected chi connectivity index (χ3v) is 3.60. The summed E-state index contributed by atoms with van der Waals surface area (Å²) in [5, 5.41) is 8.39. The zero-order valence-corrected chi connectivity index (χ0v) is 10.2. The molecule has 1 aromatic carbocycles. The molecule has 1 atom stereocenters. The van der Waals surface area contributed by atoms with Crippen molar-refractivity contribution in [3.63, 3.8) is 0 Å². The predicted molar refractivity (Wildman–Crippen MR) is 72.4 cm³/mol. The van der Waals surface area contributed by atoms with Crippen LogP contribution >= 0.6 is 0 Å². The summed E-state index contributed by atoms with van der Waals surface area (Å²) in [6.07, 6.45) is 4.78. The average Bonchev–Trinajstić information content (AvgIpc) is 2.96. The van der Waals surface area contributed by atoms with E-state index >= 15 is 0 Å². The minimum Gasteiger partial charge on any atom is -0.382 e. The van der Waals surface area contributed by atoms with Crippen molar-refractivity contribution in [1.82, 2.24) is 9.88 Å². The number of para-hydroxylation sites is 1. The summed E-state index contributed by atoms with van der Waals surface area (Å²) in [6, 6.07) is 9.16. The quantitative estimate of drug-likeness (QED) is 0.846. The second kappa shape index (κ2) is 4.41. The largest absolute Gasteiger partial charge is 0.382 e. The van der Waals surface area contributed by atoms with Gasteiger partial charge in [-0.05, 0) is 25.5 Å². The van der Waals surface area contributed by atoms with Crippen molar-refractivity contribution in [2.75, 3.05) is 18.4 Å². The molecule has 0 spiro atoms. The Balaban J connectivity index is 1.80. The topological polar surface area (TPSA) is 29.0 Å². The molecule has 0 bridgehead atoms. The number of rotatable bonds is 3. The van der Waals surface area contributed by atoms with Gasteiger partial charge < -0.3 is 15.2 Å². The maximum absolute atomic E-state index is 3.57. The lowest BCUT2D eigenvalue weighted by Gasteiger charge is -2.11. The molecular weight excluding hydrogens is 210 g/mol. The summed E-state index contributed by atoms with van der Waals surface area (Å²) in [6.45, 7) is 2.19. The van der Waals surface area contributed by atoms with E-state index in [4.69, 9.17) is 0 Å². The standard InChI is InChI=1S/C14H19N3/c1-17-10-13(12-6-2-3-7-14(12)17)16-9-11-5-4-8-15-11/h2-3,6-7,10-11,15-16H,4-5,8-9H2,1H3. The van der Waals surface area contributed by atoms with Gasteiger partial charge in [-0.15, -0.1) is 0 Å². The van der Waals surface area contributed by atoms with E-state index in [0.717, 1.165) is 6.54 Å². The van der Waals surface area contributed by atoms with Crippen LogP contribution in [-0.4, -0.2) is 23.7 Å². The number of hydrogen-bond donors (Lipinski definition) is 2. The Labute approximate surface area is 102 Å². The fourth-order valence-electron chi connectivity index (χ4n) is 2.65. The first-order valence-corrected chi connectivity index (χ1v) is 6.36. The molecule has 3 heteroatoms. The normalized spacial score (nSPS) is 19.9. The lowest BCUT2D eigenvalue weighted by Crippen LogP contribution is -2.29. The van der Waals surface area contributed by atoms with E-state index in [0.29, 0.717) is 6.04 Å². The van der Waals surface area contributed by atoms with Crippen LogP contribution in [0, 0.1) is 0 Å². The monoisotopic (exact) mass is 229 g/mol. The molecule has 1 fully saturated rings. The number of benzene rings is 1. The Bertz CT molecular complexity index is 509. The maximum Gasteiger partial charge on any atom is 0.0600 e. The lowest BCUT2D eigenvalue weighted by molar-refractivity contribution is 0.634. The van der Waals surface area contributed by atoms with Crippen molar-refractivity contribution in [3.8, 4) is 0 Å². The first kappa shape index (κ1) is 10.7. The second-order valence-electron chi connectivity index (χ2n) is 4.85. The SMILES string of the molecule is Cn1cc(NCC2CCCN2)c2ccccc21. The summed E-state index contributed by atoms with van der Waals surface area (Å²) < 4.78 is 2.18. The van der Waals surface area contributed by atoms with Crippen LogP contribution in [0.15, 0.2) is 30.5 Å². The van der Waals surface area contributed by atoms with Gasteiger partial charge in [-0.1, -0.05) is 18.2 Å². The minimum absolute atomic E-state index is 0.633. The van der Waals surface area contributed by atoms with Crippen LogP contribution in [0.25, 0.3) is 10.9 Å². The first-order valence-electron chi connectivity index (χ1n) is 6.36. The molecule has 1 aromatic heterocycles. The van der Waals surface area contributed by atoms with E-state index in [9.17, 15) is 0 Å². The van der Waals surface area contributed by atoms with Crippen molar-refractivity contribution in [2.45, 2.75) is 18.9 Å². The van der Waals surface area contributed by atoms with Gasteiger partial charge in [-0.25, -0.2) is 0 Å². The molecule has 17 heavy (non-hydrogen) atoms. The van der Waals surface area contributed by atoms with Gasteiger partial charge in [-0.3, -0.25) is 0 Å². The number of anilines is 1. The van der Waals surface area contributed by atoms with Gasteiger partial charge in [0.25, 0.3) is 0 Å². The van der Waals surface area contributed by atoms with Gasteiger partial charge >= 0.3 is 0 Å². The zero-order valence-electron chi connectivity index (χ0n) is 10.2. The minimum atomic E-state index is 0.633. The van der Waals surface area contributed by atoms with Crippen LogP contribution < -0.4 is 10.6 Å². The highest BCUT2D eigenvalue weighted by Gasteiger charge is 2.14. The van der Waals surface area contributed by atoms with Gasteiger partial charge in [0, 0.05) is 36.7 Å². The summed E-state index contributed by atoms with van der Waals surface area (Å²) in [4.78, 5) is 0. The van der Waals surface area contributed by atoms with Crippen LogP contribution in [0.4, 0.5) is 5.69 Å². The summed E-state index contributed by atoms with van der Waals surface area (Å²) in [7, 11) is 2.10. The van der Waals surface area contributed by atoms with E-state index in [-0.39, 0.29) is 0 Å². The molecule has 3 rings (SSSR count). The highest BCUT2D eigenvalue weighted by molar-refractivity contribution is 5.92. The van der Waals surface area contributed by atoms with E-state index in [1.54, 1.807) is 0 Å². The van der Waals surface area contributed by atoms with E-state index < -0.39 is 0 Å². The number of aromatic nitrogens is 1. The molecule has 0 aliphatic carbocycles. The van der Waals surface area contributed by atoms with Crippen LogP contribution in [0.5, 0.6) is 0 Å². The smallest absolute Gasteiger partial charge is 0.0600 e. The maximum atomic E-state index is 3.57. The van der Waals surface area contributed by atoms with Crippen LogP contribution in [-0.2, 0) is 7.05 Å². The van der Waals surface area contributed by atoms with Gasteiger partial charge in [0.15, 0.2) is 0 Å². The van der Waals surface area contributed by atoms with Gasteiger partial charge in [0.05, 0.1) is 5.69 Å². The van der Waals surface area contributed by atoms with E-state index in [1.807, 2.05) is 0 Å². The highest BCUT2D eigenvalue weighted by Crippen LogP contribution is 2.24. The summed E-state index contributed by atoms with van der Waals surface area (Å²) >= 11 is 0. The fraction of sp³-hybridized carbons (Fsp3) is 0.429. The molecule has 3 nitrogen and oxygen atoms in total. The Morgan fingerprint density at radius 2 is 2.29 bits per heavy atom. The van der Waals surface area contributed by atoms with Crippen molar-refractivity contribution in [2.24, 2.45) is 7.05 Å². The second-order valence-corrected chi connectivity index (χ2v) is 4.85. The average molecular weight is 229 g/mol. The Hall–Kier alpha value is -1.48. The fourth-order valence-corrected chi connectivity index (χ4v) is 2.65. The molecule has 1 aliphatic heterocycles. The van der Waals surface area contributed by atoms with Gasteiger partial charge in [0.2, 0.25) is 0 Å². The Kier molecular flexibility index (Phi) is 2.77. The Morgan fingerprint density at radius 1 is 1.41 bits per heavy atom. The van der Waals surface area contributed by atoms with Crippen molar-refractivity contribution in [3.05, 3.63) is 30.5 Å². The molecule has 2 N–H and O–H groups in total. The van der Waals surface area contributed by atoms with Gasteiger partial charge in [-0.2, -0.15) is 0 Å². The van der Waals surface area contributed by atoms with E-state index in [2.05, 4.69) is 52.7 Å². The summed E-state index contributed by atoms with van der Waals surface area (Å²) in [5.41, 5.74) is 2.53. The van der Waals surface area contributed by atoms with Crippen LogP contribution in [0.3, 0.4) is 0 Å². The molecule has 90 valence electrons. The van der Waals surface area contributed by atoms with Crippen molar-refractivity contribution in [1.29, 1.82) is 0 Å². The molecule has 0 saturated carbocycles. The third kappa shape index (κ3) is 2.03. The number of aryl methyl sites for hydroxylation is 1. The zero-order chi connectivity index (χ0) is 11.7. The van der Waals surface area contributed by atoms with Gasteiger partial charge in [0.1, 0.15) is 0 Å². The Morgan fingerprint density at radius 3 is 3.12 bits per heavy atom. The van der Waals surface area contributed by atoms with E-state index in [1.165, 1.54) is 36.0 Å². The van der Waals surface area contributed by atoms with Crippen LogP contribution in [0.2, 0.25) is 0 Å². The molecule has 1 aliphatic rings. The molecule has 1 unspecified atom stereocenters. The molecule has 1 saturated heterocycles. The molecule has 2 heterocycles. The lowest BCUT2D eigenvalue weighted by atomic mass is 10.2. The number of hydrogen-bond acceptors (Lipinski definition) is 2. The molecule has 0 amide bonds. The highest BCUT2D eigenvalue weighted by atomic mass is 15.0. The first-order chi connectivity index (χ1) is 8.34. The third-order valence-electron chi connectivity index (χ3n) is 3.60. The number of nitrogens with one attached hydrogen (secondary N) is 2. The van der Waals surface area contributed by atoms with Crippen molar-refractivity contribution < 1.29 is 0 Å². The predicted octanol–water partition coefficient (Wildman–Crippen LogP) is 2.34. The number of nitrogens with zero attached hydrogens (tertiary/aromatic N) is 1. The molecular formula is C14H19N3. The number of fused-ring (bicyclic) bond motifs is 1. The molecule has 0 radical (unpaired) electrons. The summed E-state index contributed by atoms with van der Waals surface area (Å²) in [5.74, 6) is 0. The van der Waals surface area contributed by atoms with Crippen molar-refractivity contribution >= 4 is 16.6 Å². The van der Waals surface area contributed by atoms with Crippen LogP contribution in [0.1, 0.15) is 12.8 Å². The molecule has 2 aromatic rings.